The molecule has 0 aromatic carbocycles. The molecule has 0 amide bonds. The smallest absolute Gasteiger partial charge is 0.316 e. The van der Waals surface area contributed by atoms with Crippen molar-refractivity contribution in [2.75, 3.05) is 19.7 Å². The van der Waals surface area contributed by atoms with E-state index in [1.165, 1.54) is 12.8 Å². The maximum absolute atomic E-state index is 5.74. The molecule has 1 unspecified atom stereocenters. The first-order chi connectivity index (χ1) is 11.6. The molecule has 1 aliphatic rings. The van der Waals surface area contributed by atoms with Gasteiger partial charge < -0.3 is 9.15 Å². The molecule has 0 spiro atoms. The molecule has 1 fully saturated rings. The zero-order chi connectivity index (χ0) is 16.9. The number of piperidine rings is 1. The molecule has 24 heavy (non-hydrogen) atoms. The van der Waals surface area contributed by atoms with E-state index in [4.69, 9.17) is 9.15 Å². The Morgan fingerprint density at radius 2 is 2.12 bits per heavy atom. The molecule has 0 radical (unpaired) electrons. The van der Waals surface area contributed by atoms with Crippen molar-refractivity contribution in [1.82, 2.24) is 19.9 Å². The molecule has 130 valence electrons. The number of hydrogen-bond acceptors (Lipinski definition) is 6. The van der Waals surface area contributed by atoms with Gasteiger partial charge in [-0.2, -0.15) is 0 Å². The highest BCUT2D eigenvalue weighted by Crippen LogP contribution is 2.23. The van der Waals surface area contributed by atoms with Gasteiger partial charge in [0.25, 0.3) is 0 Å². The van der Waals surface area contributed by atoms with E-state index in [0.717, 1.165) is 35.6 Å². The molecular weight excluding hydrogens is 372 g/mol. The summed E-state index contributed by atoms with van der Waals surface area (Å²) >= 11 is 3.32. The monoisotopic (exact) mass is 394 g/mol. The van der Waals surface area contributed by atoms with Crippen LogP contribution in [0.4, 0.5) is 0 Å². The van der Waals surface area contributed by atoms with Crippen LogP contribution < -0.4 is 4.74 Å². The van der Waals surface area contributed by atoms with Gasteiger partial charge in [-0.15, -0.1) is 0 Å². The van der Waals surface area contributed by atoms with E-state index in [9.17, 15) is 0 Å². The van der Waals surface area contributed by atoms with E-state index in [1.54, 1.807) is 18.8 Å². The summed E-state index contributed by atoms with van der Waals surface area (Å²) < 4.78 is 12.1. The fourth-order valence-corrected chi connectivity index (χ4v) is 3.28. The summed E-state index contributed by atoms with van der Waals surface area (Å²) in [5.74, 6) is 1.85. The molecular formula is C17H23BrN4O2. The topological polar surface area (TPSA) is 64.3 Å². The molecule has 0 N–H and O–H groups in total. The van der Waals surface area contributed by atoms with Gasteiger partial charge in [-0.3, -0.25) is 4.90 Å². The van der Waals surface area contributed by atoms with Crippen LogP contribution in [0.3, 0.4) is 0 Å². The van der Waals surface area contributed by atoms with Gasteiger partial charge in [0.1, 0.15) is 5.76 Å². The van der Waals surface area contributed by atoms with Crippen LogP contribution in [0, 0.1) is 5.92 Å². The van der Waals surface area contributed by atoms with Crippen LogP contribution in [-0.2, 0) is 6.54 Å². The van der Waals surface area contributed by atoms with E-state index in [2.05, 4.69) is 49.6 Å². The number of ether oxygens (including phenoxy) is 1. The SMILES string of the molecule is CC(C)c1ocnc1CN1CCCC(COc2ncc(Br)cn2)C1. The van der Waals surface area contributed by atoms with Crippen molar-refractivity contribution in [1.29, 1.82) is 0 Å². The normalized spacial score (nSPS) is 18.9. The second-order valence-electron chi connectivity index (χ2n) is 6.56. The van der Waals surface area contributed by atoms with Crippen LogP contribution in [0.5, 0.6) is 6.01 Å². The van der Waals surface area contributed by atoms with Crippen molar-refractivity contribution in [3.63, 3.8) is 0 Å². The van der Waals surface area contributed by atoms with Crippen molar-refractivity contribution in [3.8, 4) is 6.01 Å². The number of oxazole rings is 1. The van der Waals surface area contributed by atoms with Crippen LogP contribution in [0.2, 0.25) is 0 Å². The Morgan fingerprint density at radius 3 is 2.88 bits per heavy atom. The molecule has 0 aliphatic carbocycles. The van der Waals surface area contributed by atoms with Gasteiger partial charge in [-0.05, 0) is 35.3 Å². The third-order valence-corrected chi connectivity index (χ3v) is 4.63. The minimum Gasteiger partial charge on any atom is -0.463 e. The number of likely N-dealkylation sites (tertiary alicyclic amines) is 1. The molecule has 2 aromatic rings. The molecule has 1 saturated heterocycles. The summed E-state index contributed by atoms with van der Waals surface area (Å²) in [6.07, 6.45) is 7.30. The number of aromatic nitrogens is 3. The zero-order valence-corrected chi connectivity index (χ0v) is 15.7. The van der Waals surface area contributed by atoms with Crippen molar-refractivity contribution in [2.45, 2.75) is 39.2 Å². The van der Waals surface area contributed by atoms with E-state index < -0.39 is 0 Å². The Morgan fingerprint density at radius 1 is 1.33 bits per heavy atom. The Kier molecular flexibility index (Phi) is 5.84. The predicted molar refractivity (Wildman–Crippen MR) is 93.8 cm³/mol. The van der Waals surface area contributed by atoms with Crippen molar-refractivity contribution in [3.05, 3.63) is 34.7 Å². The van der Waals surface area contributed by atoms with Gasteiger partial charge in [-0.1, -0.05) is 13.8 Å². The fraction of sp³-hybridized carbons (Fsp3) is 0.588. The second kappa shape index (κ2) is 8.07. The molecule has 7 heteroatoms. The lowest BCUT2D eigenvalue weighted by atomic mass is 9.98. The minimum atomic E-state index is 0.362. The Balaban J connectivity index is 1.52. The van der Waals surface area contributed by atoms with Gasteiger partial charge in [0.15, 0.2) is 6.39 Å². The summed E-state index contributed by atoms with van der Waals surface area (Å²) in [5, 5.41) is 0. The molecule has 1 aliphatic heterocycles. The first-order valence-corrected chi connectivity index (χ1v) is 9.16. The lowest BCUT2D eigenvalue weighted by Gasteiger charge is -2.32. The van der Waals surface area contributed by atoms with Gasteiger partial charge >= 0.3 is 6.01 Å². The second-order valence-corrected chi connectivity index (χ2v) is 7.47. The van der Waals surface area contributed by atoms with Crippen LogP contribution in [0.1, 0.15) is 44.1 Å². The van der Waals surface area contributed by atoms with Gasteiger partial charge in [0.05, 0.1) is 16.8 Å². The van der Waals surface area contributed by atoms with Gasteiger partial charge in [0, 0.05) is 37.3 Å². The quantitative estimate of drug-likeness (QED) is 0.744. The zero-order valence-electron chi connectivity index (χ0n) is 14.1. The Bertz CT molecular complexity index is 644. The highest BCUT2D eigenvalue weighted by Gasteiger charge is 2.23. The molecule has 3 rings (SSSR count). The minimum absolute atomic E-state index is 0.362. The maximum Gasteiger partial charge on any atom is 0.316 e. The summed E-state index contributed by atoms with van der Waals surface area (Å²) in [4.78, 5) is 15.1. The standard InChI is InChI=1S/C17H23BrN4O2/c1-12(2)16-15(21-11-24-16)9-22-5-3-4-13(8-22)10-23-17-19-6-14(18)7-20-17/h6-7,11-13H,3-5,8-10H2,1-2H3. The molecule has 2 aromatic heterocycles. The van der Waals surface area contributed by atoms with Crippen LogP contribution in [0.15, 0.2) is 27.7 Å². The summed E-state index contributed by atoms with van der Waals surface area (Å²) in [5.41, 5.74) is 1.06. The first kappa shape index (κ1) is 17.4. The highest BCUT2D eigenvalue weighted by atomic mass is 79.9. The third-order valence-electron chi connectivity index (χ3n) is 4.22. The van der Waals surface area contributed by atoms with Crippen LogP contribution >= 0.6 is 15.9 Å². The number of nitrogens with zero attached hydrogens (tertiary/aromatic N) is 4. The molecule has 3 heterocycles. The Hall–Kier alpha value is -1.47. The van der Waals surface area contributed by atoms with Crippen molar-refractivity contribution in [2.24, 2.45) is 5.92 Å². The van der Waals surface area contributed by atoms with Crippen molar-refractivity contribution >= 4 is 15.9 Å². The Labute approximate surface area is 150 Å². The number of halogens is 1. The van der Waals surface area contributed by atoms with Gasteiger partial charge in [0.2, 0.25) is 0 Å². The number of rotatable bonds is 6. The van der Waals surface area contributed by atoms with E-state index in [-0.39, 0.29) is 0 Å². The molecule has 6 nitrogen and oxygen atoms in total. The molecule has 0 saturated carbocycles. The molecule has 0 bridgehead atoms. The van der Waals surface area contributed by atoms with Gasteiger partial charge in [-0.25, -0.2) is 15.0 Å². The fourth-order valence-electron chi connectivity index (χ4n) is 3.08. The maximum atomic E-state index is 5.74. The molecule has 1 atom stereocenters. The lowest BCUT2D eigenvalue weighted by molar-refractivity contribution is 0.119. The average Bonchev–Trinajstić information content (AvgIpc) is 3.03. The van der Waals surface area contributed by atoms with Crippen molar-refractivity contribution < 1.29 is 9.15 Å². The van der Waals surface area contributed by atoms with Crippen LogP contribution in [-0.4, -0.2) is 39.5 Å². The summed E-state index contributed by atoms with van der Waals surface area (Å²) in [6, 6.07) is 0.439. The van der Waals surface area contributed by atoms with E-state index in [1.807, 2.05) is 0 Å². The summed E-state index contributed by atoms with van der Waals surface area (Å²) in [6.45, 7) is 7.85. The number of hydrogen-bond donors (Lipinski definition) is 0. The highest BCUT2D eigenvalue weighted by molar-refractivity contribution is 9.10. The largest absolute Gasteiger partial charge is 0.463 e. The summed E-state index contributed by atoms with van der Waals surface area (Å²) in [7, 11) is 0. The predicted octanol–water partition coefficient (Wildman–Crippen LogP) is 3.64. The van der Waals surface area contributed by atoms with E-state index in [0.29, 0.717) is 24.5 Å². The lowest BCUT2D eigenvalue weighted by Crippen LogP contribution is -2.37. The van der Waals surface area contributed by atoms with Crippen LogP contribution in [0.25, 0.3) is 0 Å². The van der Waals surface area contributed by atoms with E-state index >= 15 is 0 Å². The first-order valence-electron chi connectivity index (χ1n) is 8.36. The average molecular weight is 395 g/mol. The third kappa shape index (κ3) is 4.54.